The Balaban J connectivity index is 1.56. The number of rotatable bonds is 14. The number of nitrogens with zero attached hydrogens (tertiary/aromatic N) is 3. The molecular formula is C46H59N9O8. The molecule has 1 aromatic heterocycles. The zero-order valence-corrected chi connectivity index (χ0v) is 36.9. The summed E-state index contributed by atoms with van der Waals surface area (Å²) < 4.78 is 12.1. The molecule has 10 N–H and O–H groups in total. The van der Waals surface area contributed by atoms with Gasteiger partial charge in [0.1, 0.15) is 48.9 Å². The van der Waals surface area contributed by atoms with Gasteiger partial charge < -0.3 is 52.6 Å². The van der Waals surface area contributed by atoms with Gasteiger partial charge in [0.25, 0.3) is 5.91 Å². The Kier molecular flexibility index (Phi) is 15.6. The summed E-state index contributed by atoms with van der Waals surface area (Å²) in [4.78, 5) is 79.5. The van der Waals surface area contributed by atoms with Crippen molar-refractivity contribution >= 4 is 29.6 Å². The first-order valence-electron chi connectivity index (χ1n) is 20.9. The lowest BCUT2D eigenvalue weighted by atomic mass is 9.86. The van der Waals surface area contributed by atoms with Crippen molar-refractivity contribution in [3.05, 3.63) is 94.3 Å². The van der Waals surface area contributed by atoms with Crippen molar-refractivity contribution in [1.29, 1.82) is 0 Å². The molecule has 1 aliphatic heterocycles. The highest BCUT2D eigenvalue weighted by atomic mass is 16.5. The molecule has 0 saturated carbocycles. The first-order valence-corrected chi connectivity index (χ1v) is 20.9. The van der Waals surface area contributed by atoms with Crippen molar-refractivity contribution in [1.82, 2.24) is 30.8 Å². The number of benzene rings is 3. The third-order valence-electron chi connectivity index (χ3n) is 10.8. The van der Waals surface area contributed by atoms with E-state index in [1.807, 2.05) is 24.3 Å². The van der Waals surface area contributed by atoms with Crippen molar-refractivity contribution in [2.75, 3.05) is 39.9 Å². The molecule has 0 radical (unpaired) electrons. The second-order valence-corrected chi connectivity index (χ2v) is 16.6. The van der Waals surface area contributed by atoms with E-state index in [1.54, 1.807) is 50.2 Å². The average molecular weight is 866 g/mol. The number of nitrogens with two attached hydrogens (primary N) is 3. The highest BCUT2D eigenvalue weighted by Gasteiger charge is 2.36. The van der Waals surface area contributed by atoms with Gasteiger partial charge in [0.2, 0.25) is 17.7 Å². The zero-order chi connectivity index (χ0) is 46.2. The Labute approximate surface area is 367 Å². The Hall–Kier alpha value is -6.43. The molecule has 63 heavy (non-hydrogen) atoms. The smallest absolute Gasteiger partial charge is 0.326 e. The maximum absolute atomic E-state index is 14.6. The lowest BCUT2D eigenvalue weighted by molar-refractivity contribution is -0.143. The number of nitrogens with one attached hydrogen (secondary N) is 3. The van der Waals surface area contributed by atoms with Crippen molar-refractivity contribution < 1.29 is 38.6 Å². The monoisotopic (exact) mass is 865 g/mol. The first kappa shape index (κ1) is 47.6. The minimum atomic E-state index is -1.40. The van der Waals surface area contributed by atoms with Gasteiger partial charge in [0.15, 0.2) is 5.82 Å². The molecular weight excluding hydrogens is 807 g/mol. The Bertz CT molecular complexity index is 2310. The number of hydrogen-bond acceptors (Lipinski definition) is 12. The van der Waals surface area contributed by atoms with Gasteiger partial charge in [0.05, 0.1) is 17.0 Å². The molecule has 2 heterocycles. The molecule has 1 aliphatic rings. The third-order valence-corrected chi connectivity index (χ3v) is 10.8. The minimum Gasteiger partial charge on any atom is -0.492 e. The second kappa shape index (κ2) is 20.6. The number of likely N-dealkylation sites (N-methyl/N-ethyl adjacent to an activating group) is 1. The lowest BCUT2D eigenvalue weighted by Crippen LogP contribution is -2.55. The molecule has 0 spiro atoms. The summed E-state index contributed by atoms with van der Waals surface area (Å²) in [6.07, 6.45) is -0.0962. The van der Waals surface area contributed by atoms with Crippen LogP contribution < -0.4 is 42.6 Å². The maximum Gasteiger partial charge on any atom is 0.326 e. The normalized spacial score (nSPS) is 17.1. The first-order chi connectivity index (χ1) is 29.9. The number of fused-ring (bicyclic) bond motifs is 5. The van der Waals surface area contributed by atoms with Crippen molar-refractivity contribution in [3.63, 3.8) is 0 Å². The number of carboxylic acid groups (broad SMARTS) is 1. The van der Waals surface area contributed by atoms with E-state index < -0.39 is 53.8 Å². The van der Waals surface area contributed by atoms with E-state index in [0.717, 1.165) is 11.1 Å². The molecule has 5 rings (SSSR count). The number of aryl methyl sites for hydroxylation is 2. The Morgan fingerprint density at radius 2 is 1.44 bits per heavy atom. The van der Waals surface area contributed by atoms with Gasteiger partial charge in [0, 0.05) is 43.2 Å². The molecule has 4 aromatic rings. The fourth-order valence-electron chi connectivity index (χ4n) is 7.39. The average Bonchev–Trinajstić information content (AvgIpc) is 3.23. The van der Waals surface area contributed by atoms with Crippen LogP contribution in [0.2, 0.25) is 0 Å². The Morgan fingerprint density at radius 1 is 0.857 bits per heavy atom. The van der Waals surface area contributed by atoms with E-state index >= 15 is 0 Å². The van der Waals surface area contributed by atoms with Gasteiger partial charge in [-0.05, 0) is 80.1 Å². The number of ether oxygens (including phenoxy) is 2. The highest BCUT2D eigenvalue weighted by molar-refractivity contribution is 6.00. The number of carbonyl (C=O) groups excluding carboxylic acids is 4. The van der Waals surface area contributed by atoms with Crippen LogP contribution in [0.4, 0.5) is 0 Å². The van der Waals surface area contributed by atoms with Crippen LogP contribution in [-0.2, 0) is 31.0 Å². The fraction of sp³-hybridized carbons (Fsp3) is 0.413. The topological polar surface area (TPSA) is 267 Å². The predicted molar refractivity (Wildman–Crippen MR) is 238 cm³/mol. The summed E-state index contributed by atoms with van der Waals surface area (Å²) in [6.45, 7) is 11.8. The van der Waals surface area contributed by atoms with Crippen molar-refractivity contribution in [2.45, 2.75) is 84.0 Å². The molecule has 0 unspecified atom stereocenters. The Morgan fingerprint density at radius 3 is 2.00 bits per heavy atom. The van der Waals surface area contributed by atoms with Crippen LogP contribution in [-0.4, -0.2) is 108 Å². The molecule has 336 valence electrons. The quantitative estimate of drug-likeness (QED) is 0.0963. The van der Waals surface area contributed by atoms with Crippen LogP contribution in [0.1, 0.15) is 78.6 Å². The van der Waals surface area contributed by atoms with Crippen LogP contribution in [0, 0.1) is 13.8 Å². The van der Waals surface area contributed by atoms with E-state index in [4.69, 9.17) is 26.7 Å². The molecule has 17 heteroatoms. The van der Waals surface area contributed by atoms with E-state index in [9.17, 15) is 29.1 Å². The number of aliphatic carboxylic acids is 1. The van der Waals surface area contributed by atoms with Crippen LogP contribution in [0.25, 0.3) is 22.5 Å². The fourth-order valence-corrected chi connectivity index (χ4v) is 7.39. The number of aromatic nitrogens is 2. The predicted octanol–water partition coefficient (Wildman–Crippen LogP) is 2.68. The van der Waals surface area contributed by atoms with E-state index in [-0.39, 0.29) is 56.7 Å². The molecule has 0 fully saturated rings. The molecule has 17 nitrogen and oxygen atoms in total. The van der Waals surface area contributed by atoms with E-state index in [1.165, 1.54) is 18.9 Å². The lowest BCUT2D eigenvalue weighted by Gasteiger charge is -2.32. The summed E-state index contributed by atoms with van der Waals surface area (Å²) in [5.41, 5.74) is 22.3. The largest absolute Gasteiger partial charge is 0.492 e. The van der Waals surface area contributed by atoms with Gasteiger partial charge in [-0.25, -0.2) is 14.8 Å². The number of hydrogen-bond donors (Lipinski definition) is 7. The van der Waals surface area contributed by atoms with Gasteiger partial charge >= 0.3 is 5.97 Å². The minimum absolute atomic E-state index is 0.000542. The molecule has 4 bridgehead atoms. The van der Waals surface area contributed by atoms with E-state index in [0.29, 0.717) is 51.0 Å². The number of carbonyl (C=O) groups is 5. The van der Waals surface area contributed by atoms with Gasteiger partial charge in [-0.3, -0.25) is 19.2 Å². The molecule has 0 aliphatic carbocycles. The summed E-state index contributed by atoms with van der Waals surface area (Å²) in [7, 11) is 1.41. The summed E-state index contributed by atoms with van der Waals surface area (Å²) >= 11 is 0. The summed E-state index contributed by atoms with van der Waals surface area (Å²) in [5, 5.41) is 18.1. The van der Waals surface area contributed by atoms with E-state index in [2.05, 4.69) is 46.7 Å². The molecule has 4 amide bonds. The van der Waals surface area contributed by atoms with Gasteiger partial charge in [-0.1, -0.05) is 57.2 Å². The van der Waals surface area contributed by atoms with Crippen LogP contribution in [0.15, 0.2) is 60.7 Å². The SMILES string of the molecule is Cc1nc(-c2ccc(C(C)(C)C)cc2)nc(C)c1C(=O)N[C@@H](CCN)C(=O)N(C)[C@@H]1C(=O)N[C@@H](C)C(=O)N[C@H](C(=O)O)Cc2ccc(OCCN)c(c2)-c2cc1ccc2OCCN. The summed E-state index contributed by atoms with van der Waals surface area (Å²) in [5.74, 6) is -2.90. The zero-order valence-electron chi connectivity index (χ0n) is 36.9. The van der Waals surface area contributed by atoms with Crippen LogP contribution >= 0.6 is 0 Å². The van der Waals surface area contributed by atoms with Crippen LogP contribution in [0.5, 0.6) is 11.5 Å². The number of carboxylic acids is 1. The van der Waals surface area contributed by atoms with Gasteiger partial charge in [-0.15, -0.1) is 0 Å². The van der Waals surface area contributed by atoms with Crippen molar-refractivity contribution in [3.8, 4) is 34.0 Å². The van der Waals surface area contributed by atoms with Crippen molar-refractivity contribution in [2.24, 2.45) is 17.2 Å². The maximum atomic E-state index is 14.6. The highest BCUT2D eigenvalue weighted by Crippen LogP contribution is 2.40. The van der Waals surface area contributed by atoms with Gasteiger partial charge in [-0.2, -0.15) is 0 Å². The molecule has 3 aromatic carbocycles. The summed E-state index contributed by atoms with van der Waals surface area (Å²) in [6, 6.07) is 12.7. The number of amides is 4. The standard InChI is InChI=1S/C46H59N9O8/c1-25-38(26(2)51-40(50-25)29-9-12-31(13-10-29)46(4,5)6)42(57)53-34(16-17-47)44(59)55(7)39-30-11-15-37(63-21-19-49)33(24-30)32-22-28(8-14-36(32)62-20-18-48)23-35(45(60)61)54-41(56)27(3)52-43(39)58/h8-15,22,24,27,34-35,39H,16-21,23,47-49H2,1-7H3,(H,52,58)(H,53,57)(H,54,56)(H,60,61)/t27-,34-,35-,39-/m0/s1. The molecule has 4 atom stereocenters. The second-order valence-electron chi connectivity index (χ2n) is 16.6. The van der Waals surface area contributed by atoms with Crippen LogP contribution in [0.3, 0.4) is 0 Å². The third kappa shape index (κ3) is 11.3. The molecule has 0 saturated heterocycles.